The average Bonchev–Trinajstić information content (AvgIpc) is 3.18. The van der Waals surface area contributed by atoms with Crippen LogP contribution in [0.1, 0.15) is 47.1 Å². The molecule has 1 amide bonds. The second-order valence-electron chi connectivity index (χ2n) is 6.65. The third-order valence-corrected chi connectivity index (χ3v) is 4.90. The molecule has 26 heavy (non-hydrogen) atoms. The normalized spacial score (nSPS) is 17.3. The van der Waals surface area contributed by atoms with Crippen molar-refractivity contribution < 1.29 is 9.32 Å². The van der Waals surface area contributed by atoms with Crippen LogP contribution in [0.3, 0.4) is 0 Å². The van der Waals surface area contributed by atoms with Crippen LogP contribution in [-0.4, -0.2) is 27.5 Å². The number of likely N-dealkylation sites (tertiary alicyclic amines) is 1. The van der Waals surface area contributed by atoms with E-state index in [9.17, 15) is 4.79 Å². The first-order valence-corrected chi connectivity index (χ1v) is 8.99. The summed E-state index contributed by atoms with van der Waals surface area (Å²) in [7, 11) is 0. The van der Waals surface area contributed by atoms with E-state index >= 15 is 0 Å². The van der Waals surface area contributed by atoms with Gasteiger partial charge >= 0.3 is 0 Å². The predicted molar refractivity (Wildman–Crippen MR) is 98.5 cm³/mol. The smallest absolute Gasteiger partial charge is 0.254 e. The molecular weight excluding hydrogens is 326 g/mol. The Kier molecular flexibility index (Phi) is 4.52. The number of benzene rings is 2. The quantitative estimate of drug-likeness (QED) is 0.704. The SMILES string of the molecule is Cc1ccccc1-c1noc([C@H]2CCCCN2C(=O)c2ccccc2)n1. The predicted octanol–water partition coefficient (Wildman–Crippen LogP) is 4.41. The molecule has 1 aliphatic rings. The highest BCUT2D eigenvalue weighted by molar-refractivity contribution is 5.94. The van der Waals surface area contributed by atoms with E-state index in [-0.39, 0.29) is 11.9 Å². The van der Waals surface area contributed by atoms with Gasteiger partial charge in [-0.1, -0.05) is 47.6 Å². The monoisotopic (exact) mass is 347 g/mol. The first-order valence-electron chi connectivity index (χ1n) is 8.99. The summed E-state index contributed by atoms with van der Waals surface area (Å²) < 4.78 is 5.57. The van der Waals surface area contributed by atoms with Gasteiger partial charge in [-0.25, -0.2) is 0 Å². The molecule has 0 aliphatic carbocycles. The Balaban J connectivity index is 1.63. The van der Waals surface area contributed by atoms with E-state index in [4.69, 9.17) is 4.52 Å². The lowest BCUT2D eigenvalue weighted by Gasteiger charge is -2.33. The van der Waals surface area contributed by atoms with Gasteiger partial charge in [0, 0.05) is 17.7 Å². The van der Waals surface area contributed by atoms with Crippen molar-refractivity contribution in [1.82, 2.24) is 15.0 Å². The van der Waals surface area contributed by atoms with E-state index in [1.807, 2.05) is 66.4 Å². The van der Waals surface area contributed by atoms with E-state index < -0.39 is 0 Å². The van der Waals surface area contributed by atoms with Gasteiger partial charge in [0.25, 0.3) is 5.91 Å². The van der Waals surface area contributed by atoms with Gasteiger partial charge in [0.2, 0.25) is 11.7 Å². The molecule has 0 N–H and O–H groups in total. The van der Waals surface area contributed by atoms with Crippen molar-refractivity contribution in [2.45, 2.75) is 32.2 Å². The van der Waals surface area contributed by atoms with Gasteiger partial charge in [-0.3, -0.25) is 4.79 Å². The molecule has 2 heterocycles. The van der Waals surface area contributed by atoms with Crippen LogP contribution >= 0.6 is 0 Å². The molecule has 1 atom stereocenters. The van der Waals surface area contributed by atoms with Crippen molar-refractivity contribution in [3.05, 3.63) is 71.6 Å². The Labute approximate surface area is 152 Å². The molecule has 3 aromatic rings. The van der Waals surface area contributed by atoms with E-state index in [1.54, 1.807) is 0 Å². The Morgan fingerprint density at radius 1 is 1.08 bits per heavy atom. The van der Waals surface area contributed by atoms with Gasteiger partial charge in [0.1, 0.15) is 6.04 Å². The van der Waals surface area contributed by atoms with Crippen LogP contribution in [0.2, 0.25) is 0 Å². The first kappa shape index (κ1) is 16.5. The highest BCUT2D eigenvalue weighted by Crippen LogP contribution is 2.32. The summed E-state index contributed by atoms with van der Waals surface area (Å²) in [5.41, 5.74) is 2.75. The van der Waals surface area contributed by atoms with Crippen molar-refractivity contribution in [3.63, 3.8) is 0 Å². The van der Waals surface area contributed by atoms with Gasteiger partial charge in [-0.15, -0.1) is 0 Å². The van der Waals surface area contributed by atoms with Crippen LogP contribution in [0.15, 0.2) is 59.1 Å². The molecule has 2 aromatic carbocycles. The summed E-state index contributed by atoms with van der Waals surface area (Å²) >= 11 is 0. The Morgan fingerprint density at radius 3 is 2.65 bits per heavy atom. The maximum absolute atomic E-state index is 13.0. The molecule has 1 aliphatic heterocycles. The summed E-state index contributed by atoms with van der Waals surface area (Å²) in [6.45, 7) is 2.73. The largest absolute Gasteiger partial charge is 0.337 e. The summed E-state index contributed by atoms with van der Waals surface area (Å²) in [6, 6.07) is 17.2. The topological polar surface area (TPSA) is 59.2 Å². The van der Waals surface area contributed by atoms with Gasteiger partial charge in [-0.2, -0.15) is 4.98 Å². The molecule has 0 radical (unpaired) electrons. The zero-order valence-electron chi connectivity index (χ0n) is 14.8. The molecule has 5 nitrogen and oxygen atoms in total. The second-order valence-corrected chi connectivity index (χ2v) is 6.65. The zero-order valence-corrected chi connectivity index (χ0v) is 14.8. The molecule has 132 valence electrons. The highest BCUT2D eigenvalue weighted by atomic mass is 16.5. The second kappa shape index (κ2) is 7.12. The lowest BCUT2D eigenvalue weighted by atomic mass is 10.0. The molecule has 1 saturated heterocycles. The van der Waals surface area contributed by atoms with E-state index in [2.05, 4.69) is 10.1 Å². The van der Waals surface area contributed by atoms with Crippen LogP contribution in [-0.2, 0) is 0 Å². The molecule has 0 spiro atoms. The number of piperidine rings is 1. The summed E-state index contributed by atoms with van der Waals surface area (Å²) in [5.74, 6) is 1.12. The highest BCUT2D eigenvalue weighted by Gasteiger charge is 2.32. The standard InChI is InChI=1S/C21H21N3O2/c1-15-9-5-6-12-17(15)19-22-20(26-23-19)18-13-7-8-14-24(18)21(25)16-10-3-2-4-11-16/h2-6,9-12,18H,7-8,13-14H2,1H3/t18-/m1/s1. The number of hydrogen-bond donors (Lipinski definition) is 0. The van der Waals surface area contributed by atoms with Crippen LogP contribution in [0, 0.1) is 6.92 Å². The molecular formula is C21H21N3O2. The fourth-order valence-electron chi connectivity index (χ4n) is 3.48. The lowest BCUT2D eigenvalue weighted by molar-refractivity contribution is 0.0561. The van der Waals surface area contributed by atoms with E-state index in [0.29, 0.717) is 23.8 Å². The van der Waals surface area contributed by atoms with Gasteiger partial charge in [-0.05, 0) is 43.9 Å². The number of hydrogen-bond acceptors (Lipinski definition) is 4. The van der Waals surface area contributed by atoms with Gasteiger partial charge in [0.15, 0.2) is 0 Å². The Morgan fingerprint density at radius 2 is 1.85 bits per heavy atom. The first-order chi connectivity index (χ1) is 12.7. The van der Waals surface area contributed by atoms with Crippen molar-refractivity contribution in [3.8, 4) is 11.4 Å². The van der Waals surface area contributed by atoms with Crippen LogP contribution in [0.5, 0.6) is 0 Å². The van der Waals surface area contributed by atoms with Crippen molar-refractivity contribution in [2.24, 2.45) is 0 Å². The van der Waals surface area contributed by atoms with Crippen molar-refractivity contribution >= 4 is 5.91 Å². The molecule has 1 fully saturated rings. The zero-order chi connectivity index (χ0) is 17.9. The summed E-state index contributed by atoms with van der Waals surface area (Å²) in [5, 5.41) is 4.16. The maximum atomic E-state index is 13.0. The number of aromatic nitrogens is 2. The third kappa shape index (κ3) is 3.12. The fourth-order valence-corrected chi connectivity index (χ4v) is 3.48. The molecule has 1 aromatic heterocycles. The van der Waals surface area contributed by atoms with Crippen molar-refractivity contribution in [1.29, 1.82) is 0 Å². The lowest BCUT2D eigenvalue weighted by Crippen LogP contribution is -2.38. The molecule has 4 rings (SSSR count). The number of carbonyl (C=O) groups excluding carboxylic acids is 1. The minimum Gasteiger partial charge on any atom is -0.337 e. The fraction of sp³-hybridized carbons (Fsp3) is 0.286. The van der Waals surface area contributed by atoms with Gasteiger partial charge < -0.3 is 9.42 Å². The number of aryl methyl sites for hydroxylation is 1. The molecule has 0 bridgehead atoms. The molecule has 5 heteroatoms. The third-order valence-electron chi connectivity index (χ3n) is 4.90. The van der Waals surface area contributed by atoms with Crippen LogP contribution in [0.4, 0.5) is 0 Å². The van der Waals surface area contributed by atoms with Crippen LogP contribution in [0.25, 0.3) is 11.4 Å². The number of rotatable bonds is 3. The minimum absolute atomic E-state index is 0.0194. The van der Waals surface area contributed by atoms with Gasteiger partial charge in [0.05, 0.1) is 0 Å². The Hall–Kier alpha value is -2.95. The maximum Gasteiger partial charge on any atom is 0.254 e. The number of nitrogens with zero attached hydrogens (tertiary/aromatic N) is 3. The average molecular weight is 347 g/mol. The summed E-state index contributed by atoms with van der Waals surface area (Å²) in [4.78, 5) is 19.4. The van der Waals surface area contributed by atoms with E-state index in [1.165, 1.54) is 0 Å². The van der Waals surface area contributed by atoms with E-state index in [0.717, 1.165) is 30.4 Å². The Bertz CT molecular complexity index is 904. The molecule has 0 unspecified atom stereocenters. The number of amides is 1. The van der Waals surface area contributed by atoms with Crippen molar-refractivity contribution in [2.75, 3.05) is 6.54 Å². The summed E-state index contributed by atoms with van der Waals surface area (Å²) in [6.07, 6.45) is 2.88. The molecule has 0 saturated carbocycles. The number of carbonyl (C=O) groups is 1. The van der Waals surface area contributed by atoms with Crippen LogP contribution < -0.4 is 0 Å². The minimum atomic E-state index is -0.165.